The Bertz CT molecular complexity index is 767. The minimum Gasteiger partial charge on any atom is -0.347 e. The van der Waals surface area contributed by atoms with E-state index in [-0.39, 0.29) is 18.0 Å². The molecule has 0 unspecified atom stereocenters. The highest BCUT2D eigenvalue weighted by Gasteiger charge is 2.19. The van der Waals surface area contributed by atoms with Crippen molar-refractivity contribution in [2.75, 3.05) is 27.2 Å². The van der Waals surface area contributed by atoms with Gasteiger partial charge in [-0.2, -0.15) is 0 Å². The molecule has 1 amide bonds. The van der Waals surface area contributed by atoms with Crippen molar-refractivity contribution < 1.29 is 4.79 Å². The monoisotopic (exact) mass is 346 g/mol. The Morgan fingerprint density at radius 3 is 2.79 bits per heavy atom. The highest BCUT2D eigenvalue weighted by Crippen LogP contribution is 2.17. The highest BCUT2D eigenvalue weighted by molar-refractivity contribution is 7.09. The van der Waals surface area contributed by atoms with E-state index in [1.54, 1.807) is 36.1 Å². The summed E-state index contributed by atoms with van der Waals surface area (Å²) in [5, 5.41) is 3.10. The molecular weight excluding hydrogens is 324 g/mol. The quantitative estimate of drug-likeness (QED) is 0.829. The van der Waals surface area contributed by atoms with Gasteiger partial charge in [-0.1, -0.05) is 6.07 Å². The number of fused-ring (bicyclic) bond motifs is 1. The van der Waals surface area contributed by atoms with Gasteiger partial charge >= 0.3 is 0 Å². The molecule has 2 aromatic rings. The fourth-order valence-corrected chi connectivity index (χ4v) is 3.63. The highest BCUT2D eigenvalue weighted by atomic mass is 32.1. The van der Waals surface area contributed by atoms with Crippen LogP contribution in [-0.4, -0.2) is 52.4 Å². The number of rotatable bonds is 4. The summed E-state index contributed by atoms with van der Waals surface area (Å²) in [5.41, 5.74) is 2.07. The first-order valence-corrected chi connectivity index (χ1v) is 8.95. The fraction of sp³-hybridized carbons (Fsp3) is 0.471. The molecule has 0 saturated carbocycles. The maximum absolute atomic E-state index is 12.3. The summed E-state index contributed by atoms with van der Waals surface area (Å²) in [4.78, 5) is 32.6. The molecular formula is C17H22N4O2S. The lowest BCUT2D eigenvalue weighted by Crippen LogP contribution is -2.33. The molecule has 0 saturated heterocycles. The molecule has 0 N–H and O–H groups in total. The van der Waals surface area contributed by atoms with Crippen LogP contribution in [0, 0.1) is 0 Å². The molecule has 1 aliphatic heterocycles. The third-order valence-electron chi connectivity index (χ3n) is 4.39. The zero-order valence-electron chi connectivity index (χ0n) is 14.1. The molecule has 7 heteroatoms. The molecule has 0 radical (unpaired) electrons. The van der Waals surface area contributed by atoms with Crippen molar-refractivity contribution in [1.82, 2.24) is 19.4 Å². The molecule has 3 rings (SSSR count). The van der Waals surface area contributed by atoms with E-state index in [4.69, 9.17) is 0 Å². The summed E-state index contributed by atoms with van der Waals surface area (Å²) in [6.07, 6.45) is 3.49. The Hall–Kier alpha value is -1.99. The topological polar surface area (TPSA) is 58.4 Å². The van der Waals surface area contributed by atoms with Crippen molar-refractivity contribution >= 4 is 17.2 Å². The molecule has 0 bridgehead atoms. The Labute approximate surface area is 145 Å². The molecule has 0 fully saturated rings. The Balaban J connectivity index is 1.80. The number of likely N-dealkylation sites (N-methyl/N-ethyl adjacent to an activating group) is 1. The van der Waals surface area contributed by atoms with Gasteiger partial charge in [0.25, 0.3) is 5.56 Å². The van der Waals surface area contributed by atoms with Gasteiger partial charge in [-0.05, 0) is 12.0 Å². The van der Waals surface area contributed by atoms with Crippen molar-refractivity contribution in [3.63, 3.8) is 0 Å². The molecule has 0 atom stereocenters. The molecule has 24 heavy (non-hydrogen) atoms. The molecule has 0 aromatic carbocycles. The largest absolute Gasteiger partial charge is 0.347 e. The predicted octanol–water partition coefficient (Wildman–Crippen LogP) is 0.994. The molecule has 2 aromatic heterocycles. The van der Waals surface area contributed by atoms with Gasteiger partial charge in [0, 0.05) is 56.9 Å². The lowest BCUT2D eigenvalue weighted by molar-refractivity contribution is -0.129. The lowest BCUT2D eigenvalue weighted by atomic mass is 10.1. The van der Waals surface area contributed by atoms with Gasteiger partial charge in [-0.15, -0.1) is 11.3 Å². The first kappa shape index (κ1) is 16.9. The Morgan fingerprint density at radius 2 is 2.08 bits per heavy atom. The number of nitrogens with zero attached hydrogens (tertiary/aromatic N) is 4. The third kappa shape index (κ3) is 3.73. The first-order chi connectivity index (χ1) is 11.5. The summed E-state index contributed by atoms with van der Waals surface area (Å²) >= 11 is 1.67. The summed E-state index contributed by atoms with van der Waals surface area (Å²) in [6.45, 7) is 2.76. The first-order valence-electron chi connectivity index (χ1n) is 8.07. The van der Waals surface area contributed by atoms with Crippen LogP contribution in [0.1, 0.15) is 16.3 Å². The summed E-state index contributed by atoms with van der Waals surface area (Å²) in [6, 6.07) is 3.50. The number of hydrogen-bond donors (Lipinski definition) is 0. The van der Waals surface area contributed by atoms with Crippen LogP contribution in [0.3, 0.4) is 0 Å². The van der Waals surface area contributed by atoms with E-state index in [1.807, 2.05) is 17.6 Å². The van der Waals surface area contributed by atoms with E-state index in [0.29, 0.717) is 0 Å². The number of carbonyl (C=O) groups excluding carboxylic acids is 1. The molecule has 0 aliphatic carbocycles. The molecule has 6 nitrogen and oxygen atoms in total. The van der Waals surface area contributed by atoms with Crippen LogP contribution in [-0.2, 0) is 30.7 Å². The van der Waals surface area contributed by atoms with Crippen LogP contribution in [0.5, 0.6) is 0 Å². The maximum Gasteiger partial charge on any atom is 0.251 e. The average Bonchev–Trinajstić information content (AvgIpc) is 2.97. The maximum atomic E-state index is 12.3. The van der Waals surface area contributed by atoms with Crippen molar-refractivity contribution in [2.45, 2.75) is 25.9 Å². The van der Waals surface area contributed by atoms with E-state index in [1.165, 1.54) is 10.5 Å². The van der Waals surface area contributed by atoms with Gasteiger partial charge in [0.05, 0.1) is 6.54 Å². The number of carbonyl (C=O) groups is 1. The average molecular weight is 346 g/mol. The summed E-state index contributed by atoms with van der Waals surface area (Å²) in [5.74, 6) is -0.0608. The molecule has 3 heterocycles. The Morgan fingerprint density at radius 1 is 1.29 bits per heavy atom. The number of thiazole rings is 1. The second-order valence-corrected chi connectivity index (χ2v) is 7.20. The second-order valence-electron chi connectivity index (χ2n) is 6.22. The summed E-state index contributed by atoms with van der Waals surface area (Å²) in [7, 11) is 3.43. The molecule has 0 spiro atoms. The van der Waals surface area contributed by atoms with Crippen LogP contribution in [0.25, 0.3) is 0 Å². The van der Waals surface area contributed by atoms with Gasteiger partial charge in [-0.3, -0.25) is 14.5 Å². The summed E-state index contributed by atoms with van der Waals surface area (Å²) < 4.78 is 1.64. The lowest BCUT2D eigenvalue weighted by Gasteiger charge is -2.18. The van der Waals surface area contributed by atoms with Crippen LogP contribution in [0.4, 0.5) is 0 Å². The van der Waals surface area contributed by atoms with E-state index in [2.05, 4.69) is 9.88 Å². The normalized spacial score (nSPS) is 14.9. The van der Waals surface area contributed by atoms with E-state index in [9.17, 15) is 9.59 Å². The zero-order chi connectivity index (χ0) is 17.1. The zero-order valence-corrected chi connectivity index (χ0v) is 14.9. The smallest absolute Gasteiger partial charge is 0.251 e. The van der Waals surface area contributed by atoms with Crippen LogP contribution in [0.2, 0.25) is 0 Å². The number of hydrogen-bond acceptors (Lipinski definition) is 5. The van der Waals surface area contributed by atoms with E-state index < -0.39 is 0 Å². The van der Waals surface area contributed by atoms with E-state index in [0.717, 1.165) is 43.2 Å². The standard InChI is InChI=1S/C17H22N4O2S/c1-19(2)17(23)12-21-14-6-9-20(11-15-18-7-10-24-15)8-5-13(14)3-4-16(21)22/h3-4,7,10H,5-6,8-9,11-12H2,1-2H3. The predicted molar refractivity (Wildman–Crippen MR) is 94.2 cm³/mol. The van der Waals surface area contributed by atoms with Crippen molar-refractivity contribution in [1.29, 1.82) is 0 Å². The molecule has 128 valence electrons. The van der Waals surface area contributed by atoms with Crippen LogP contribution in [0.15, 0.2) is 28.5 Å². The van der Waals surface area contributed by atoms with Gasteiger partial charge in [-0.25, -0.2) is 4.98 Å². The van der Waals surface area contributed by atoms with Crippen LogP contribution < -0.4 is 5.56 Å². The van der Waals surface area contributed by atoms with Crippen LogP contribution >= 0.6 is 11.3 Å². The second kappa shape index (κ2) is 7.27. The van der Waals surface area contributed by atoms with Crippen molar-refractivity contribution in [3.8, 4) is 0 Å². The number of pyridine rings is 1. The number of amides is 1. The Kier molecular flexibility index (Phi) is 5.11. The van der Waals surface area contributed by atoms with E-state index >= 15 is 0 Å². The number of aromatic nitrogens is 2. The van der Waals surface area contributed by atoms with Crippen molar-refractivity contribution in [3.05, 3.63) is 50.3 Å². The third-order valence-corrected chi connectivity index (χ3v) is 5.15. The SMILES string of the molecule is CN(C)C(=O)Cn1c2c(ccc1=O)CCN(Cc1nccs1)CC2. The fourth-order valence-electron chi connectivity index (χ4n) is 2.97. The molecule has 1 aliphatic rings. The minimum absolute atomic E-state index is 0.0608. The van der Waals surface area contributed by atoms with Gasteiger partial charge < -0.3 is 9.47 Å². The van der Waals surface area contributed by atoms with Gasteiger partial charge in [0.15, 0.2) is 0 Å². The minimum atomic E-state index is -0.0997. The van der Waals surface area contributed by atoms with Gasteiger partial charge in [0.1, 0.15) is 11.6 Å². The van der Waals surface area contributed by atoms with Gasteiger partial charge in [0.2, 0.25) is 5.91 Å². The van der Waals surface area contributed by atoms with Crippen molar-refractivity contribution in [2.24, 2.45) is 0 Å².